The average molecular weight is 377 g/mol. The van der Waals surface area contributed by atoms with Crippen molar-refractivity contribution in [2.24, 2.45) is 0 Å². The number of benzene rings is 1. The number of aromatic nitrogens is 3. The zero-order valence-corrected chi connectivity index (χ0v) is 16.1. The van der Waals surface area contributed by atoms with Gasteiger partial charge in [-0.05, 0) is 43.7 Å². The van der Waals surface area contributed by atoms with Crippen molar-refractivity contribution < 1.29 is 9.53 Å². The second-order valence-electron chi connectivity index (χ2n) is 6.79. The summed E-state index contributed by atoms with van der Waals surface area (Å²) in [5, 5.41) is 9.40. The molecule has 0 radical (unpaired) electrons. The van der Waals surface area contributed by atoms with Crippen LogP contribution in [0.15, 0.2) is 42.5 Å². The Balaban J connectivity index is 1.44. The summed E-state index contributed by atoms with van der Waals surface area (Å²) < 4.78 is 4.95. The van der Waals surface area contributed by atoms with Crippen molar-refractivity contribution in [3.63, 3.8) is 0 Å². The van der Waals surface area contributed by atoms with E-state index in [0.717, 1.165) is 43.3 Å². The van der Waals surface area contributed by atoms with E-state index in [1.54, 1.807) is 13.0 Å². The first-order valence-electron chi connectivity index (χ1n) is 9.53. The first-order chi connectivity index (χ1) is 13.7. The standard InChI is InChI=1S/C21H23N5O2/c1-3-28-21(27)18-8-9-19(24-23-18)25-10-12-26(13-11-25)20-14-15(2)16-6-4-5-7-17(16)22-20/h4-9,14H,3,10-13H2,1-2H3. The van der Waals surface area contributed by atoms with E-state index < -0.39 is 5.97 Å². The molecule has 1 aromatic carbocycles. The number of carbonyl (C=O) groups is 1. The number of carbonyl (C=O) groups excluding carboxylic acids is 1. The van der Waals surface area contributed by atoms with Crippen LogP contribution in [0.3, 0.4) is 0 Å². The van der Waals surface area contributed by atoms with Crippen LogP contribution in [0, 0.1) is 6.92 Å². The number of piperazine rings is 1. The Morgan fingerprint density at radius 2 is 1.71 bits per heavy atom. The summed E-state index contributed by atoms with van der Waals surface area (Å²) in [6.07, 6.45) is 0. The summed E-state index contributed by atoms with van der Waals surface area (Å²) in [4.78, 5) is 21.0. The highest BCUT2D eigenvalue weighted by Crippen LogP contribution is 2.24. The van der Waals surface area contributed by atoms with E-state index in [9.17, 15) is 4.79 Å². The van der Waals surface area contributed by atoms with Crippen LogP contribution < -0.4 is 9.80 Å². The molecule has 1 aliphatic rings. The van der Waals surface area contributed by atoms with Crippen LogP contribution >= 0.6 is 0 Å². The molecule has 1 saturated heterocycles. The Labute approximate surface area is 164 Å². The minimum atomic E-state index is -0.441. The lowest BCUT2D eigenvalue weighted by Crippen LogP contribution is -2.47. The Kier molecular flexibility index (Phi) is 5.06. The van der Waals surface area contributed by atoms with E-state index in [1.807, 2.05) is 18.2 Å². The zero-order valence-electron chi connectivity index (χ0n) is 16.1. The van der Waals surface area contributed by atoms with E-state index in [1.165, 1.54) is 10.9 Å². The molecule has 0 aliphatic carbocycles. The number of ether oxygens (including phenoxy) is 1. The third-order valence-corrected chi connectivity index (χ3v) is 4.97. The molecule has 0 saturated carbocycles. The molecule has 3 heterocycles. The summed E-state index contributed by atoms with van der Waals surface area (Å²) >= 11 is 0. The van der Waals surface area contributed by atoms with Gasteiger partial charge < -0.3 is 14.5 Å². The molecule has 144 valence electrons. The lowest BCUT2D eigenvalue weighted by molar-refractivity contribution is 0.0518. The maximum absolute atomic E-state index is 11.7. The third kappa shape index (κ3) is 3.60. The molecule has 1 aliphatic heterocycles. The molecular weight excluding hydrogens is 354 g/mol. The van der Waals surface area contributed by atoms with E-state index in [-0.39, 0.29) is 5.69 Å². The fourth-order valence-corrected chi connectivity index (χ4v) is 3.47. The summed E-state index contributed by atoms with van der Waals surface area (Å²) in [7, 11) is 0. The second-order valence-corrected chi connectivity index (χ2v) is 6.79. The minimum absolute atomic E-state index is 0.236. The number of aryl methyl sites for hydroxylation is 1. The Morgan fingerprint density at radius 3 is 2.39 bits per heavy atom. The predicted molar refractivity (Wildman–Crippen MR) is 109 cm³/mol. The van der Waals surface area contributed by atoms with Crippen molar-refractivity contribution in [1.29, 1.82) is 0 Å². The molecule has 7 nitrogen and oxygen atoms in total. The topological polar surface area (TPSA) is 71.5 Å². The monoisotopic (exact) mass is 377 g/mol. The number of esters is 1. The molecule has 3 aromatic rings. The van der Waals surface area contributed by atoms with Gasteiger partial charge in [-0.25, -0.2) is 9.78 Å². The number of rotatable bonds is 4. The number of nitrogens with zero attached hydrogens (tertiary/aromatic N) is 5. The van der Waals surface area contributed by atoms with Gasteiger partial charge in [0.25, 0.3) is 0 Å². The molecule has 0 amide bonds. The Bertz CT molecular complexity index is 982. The lowest BCUT2D eigenvalue weighted by atomic mass is 10.1. The largest absolute Gasteiger partial charge is 0.461 e. The van der Waals surface area contributed by atoms with Gasteiger partial charge >= 0.3 is 5.97 Å². The first-order valence-corrected chi connectivity index (χ1v) is 9.53. The first kappa shape index (κ1) is 18.2. The number of fused-ring (bicyclic) bond motifs is 1. The van der Waals surface area contributed by atoms with E-state index in [4.69, 9.17) is 9.72 Å². The molecule has 7 heteroatoms. The molecular formula is C21H23N5O2. The molecule has 4 rings (SSSR count). The predicted octanol–water partition coefficient (Wildman–Crippen LogP) is 2.84. The van der Waals surface area contributed by atoms with Gasteiger partial charge in [0.15, 0.2) is 11.5 Å². The SMILES string of the molecule is CCOC(=O)c1ccc(N2CCN(c3cc(C)c4ccccc4n3)CC2)nn1. The molecule has 0 spiro atoms. The summed E-state index contributed by atoms with van der Waals surface area (Å²) in [6.45, 7) is 7.57. The molecule has 0 bridgehead atoms. The van der Waals surface area contributed by atoms with Gasteiger partial charge in [0.2, 0.25) is 0 Å². The van der Waals surface area contributed by atoms with Crippen LogP contribution in [0.2, 0.25) is 0 Å². The number of hydrogen-bond acceptors (Lipinski definition) is 7. The van der Waals surface area contributed by atoms with Crippen LogP contribution in [0.4, 0.5) is 11.6 Å². The van der Waals surface area contributed by atoms with E-state index in [0.29, 0.717) is 6.61 Å². The van der Waals surface area contributed by atoms with Gasteiger partial charge in [0.05, 0.1) is 12.1 Å². The lowest BCUT2D eigenvalue weighted by Gasteiger charge is -2.36. The average Bonchev–Trinajstić information content (AvgIpc) is 2.74. The maximum atomic E-state index is 11.7. The normalized spacial score (nSPS) is 14.4. The van der Waals surface area contributed by atoms with Crippen LogP contribution in [0.5, 0.6) is 0 Å². The molecule has 0 unspecified atom stereocenters. The third-order valence-electron chi connectivity index (χ3n) is 4.97. The highest BCUT2D eigenvalue weighted by Gasteiger charge is 2.20. The van der Waals surface area contributed by atoms with Crippen LogP contribution in [0.25, 0.3) is 10.9 Å². The van der Waals surface area contributed by atoms with Crippen molar-refractivity contribution in [2.45, 2.75) is 13.8 Å². The summed E-state index contributed by atoms with van der Waals surface area (Å²) in [5.74, 6) is 1.35. The Hall–Kier alpha value is -3.22. The molecule has 0 atom stereocenters. The fraction of sp³-hybridized carbons (Fsp3) is 0.333. The van der Waals surface area contributed by atoms with E-state index in [2.05, 4.69) is 45.1 Å². The number of pyridine rings is 1. The van der Waals surface area contributed by atoms with Crippen molar-refractivity contribution in [1.82, 2.24) is 15.2 Å². The van der Waals surface area contributed by atoms with Crippen molar-refractivity contribution in [3.8, 4) is 0 Å². The molecule has 0 N–H and O–H groups in total. The molecule has 1 fully saturated rings. The van der Waals surface area contributed by atoms with Crippen LogP contribution in [-0.4, -0.2) is 53.9 Å². The maximum Gasteiger partial charge on any atom is 0.358 e. The van der Waals surface area contributed by atoms with Gasteiger partial charge in [-0.3, -0.25) is 0 Å². The summed E-state index contributed by atoms with van der Waals surface area (Å²) in [6, 6.07) is 13.9. The number of anilines is 2. The minimum Gasteiger partial charge on any atom is -0.461 e. The molecule has 2 aromatic heterocycles. The van der Waals surface area contributed by atoms with Crippen molar-refractivity contribution in [2.75, 3.05) is 42.6 Å². The quantitative estimate of drug-likeness (QED) is 0.648. The number of hydrogen-bond donors (Lipinski definition) is 0. The van der Waals surface area contributed by atoms with Crippen LogP contribution in [-0.2, 0) is 4.74 Å². The number of para-hydroxylation sites is 1. The van der Waals surface area contributed by atoms with Gasteiger partial charge in [-0.1, -0.05) is 18.2 Å². The fourth-order valence-electron chi connectivity index (χ4n) is 3.47. The van der Waals surface area contributed by atoms with Gasteiger partial charge in [0, 0.05) is 31.6 Å². The van der Waals surface area contributed by atoms with Gasteiger partial charge in [-0.2, -0.15) is 0 Å². The smallest absolute Gasteiger partial charge is 0.358 e. The van der Waals surface area contributed by atoms with Crippen LogP contribution in [0.1, 0.15) is 23.0 Å². The second kappa shape index (κ2) is 7.80. The molecule has 28 heavy (non-hydrogen) atoms. The van der Waals surface area contributed by atoms with Crippen molar-refractivity contribution >= 4 is 28.5 Å². The van der Waals surface area contributed by atoms with Gasteiger partial charge in [-0.15, -0.1) is 10.2 Å². The highest BCUT2D eigenvalue weighted by atomic mass is 16.5. The van der Waals surface area contributed by atoms with Gasteiger partial charge in [0.1, 0.15) is 5.82 Å². The van der Waals surface area contributed by atoms with E-state index >= 15 is 0 Å². The summed E-state index contributed by atoms with van der Waals surface area (Å²) in [5.41, 5.74) is 2.50. The Morgan fingerprint density at radius 1 is 1.00 bits per heavy atom. The zero-order chi connectivity index (χ0) is 19.5. The highest BCUT2D eigenvalue weighted by molar-refractivity contribution is 5.87. The van der Waals surface area contributed by atoms with Crippen molar-refractivity contribution in [3.05, 3.63) is 53.7 Å².